The SMILES string of the molecule is CCNC(c1cc(C)cc(Br)c1)C1CCC(C)CC1. The van der Waals surface area contributed by atoms with Gasteiger partial charge in [-0.05, 0) is 61.4 Å². The lowest BCUT2D eigenvalue weighted by atomic mass is 9.77. The average Bonchev–Trinajstić information content (AvgIpc) is 2.36. The molecule has 0 bridgehead atoms. The number of halogens is 1. The Bertz CT molecular complexity index is 387. The fraction of sp³-hybridized carbons (Fsp3) is 0.647. The molecule has 0 saturated heterocycles. The summed E-state index contributed by atoms with van der Waals surface area (Å²) >= 11 is 3.64. The molecule has 1 aliphatic rings. The molecule has 0 heterocycles. The monoisotopic (exact) mass is 323 g/mol. The number of benzene rings is 1. The Morgan fingerprint density at radius 2 is 1.89 bits per heavy atom. The van der Waals surface area contributed by atoms with E-state index in [4.69, 9.17) is 0 Å². The van der Waals surface area contributed by atoms with Crippen molar-refractivity contribution in [3.8, 4) is 0 Å². The van der Waals surface area contributed by atoms with E-state index in [0.29, 0.717) is 6.04 Å². The molecule has 1 aliphatic carbocycles. The molecule has 0 aromatic heterocycles. The molecular formula is C17H26BrN. The van der Waals surface area contributed by atoms with Gasteiger partial charge in [-0.1, -0.05) is 48.7 Å². The van der Waals surface area contributed by atoms with Crippen LogP contribution >= 0.6 is 15.9 Å². The molecule has 1 atom stereocenters. The quantitative estimate of drug-likeness (QED) is 0.799. The van der Waals surface area contributed by atoms with Crippen LogP contribution in [0, 0.1) is 18.8 Å². The van der Waals surface area contributed by atoms with Crippen molar-refractivity contribution < 1.29 is 0 Å². The van der Waals surface area contributed by atoms with Crippen molar-refractivity contribution in [2.24, 2.45) is 11.8 Å². The lowest BCUT2D eigenvalue weighted by Crippen LogP contribution is -2.30. The molecule has 0 spiro atoms. The highest BCUT2D eigenvalue weighted by atomic mass is 79.9. The maximum atomic E-state index is 3.72. The summed E-state index contributed by atoms with van der Waals surface area (Å²) in [5.74, 6) is 1.72. The Morgan fingerprint density at radius 1 is 1.21 bits per heavy atom. The van der Waals surface area contributed by atoms with Crippen molar-refractivity contribution in [2.45, 2.75) is 52.5 Å². The van der Waals surface area contributed by atoms with Crippen molar-refractivity contribution in [2.75, 3.05) is 6.54 Å². The molecule has 1 unspecified atom stereocenters. The highest BCUT2D eigenvalue weighted by Gasteiger charge is 2.26. The van der Waals surface area contributed by atoms with E-state index in [1.54, 1.807) is 0 Å². The number of hydrogen-bond acceptors (Lipinski definition) is 1. The molecule has 0 radical (unpaired) electrons. The summed E-state index contributed by atoms with van der Waals surface area (Å²) in [6.07, 6.45) is 5.51. The van der Waals surface area contributed by atoms with Gasteiger partial charge in [-0.2, -0.15) is 0 Å². The van der Waals surface area contributed by atoms with Crippen LogP contribution in [0.25, 0.3) is 0 Å². The van der Waals surface area contributed by atoms with Gasteiger partial charge in [-0.3, -0.25) is 0 Å². The number of nitrogens with one attached hydrogen (secondary N) is 1. The predicted molar refractivity (Wildman–Crippen MR) is 86.4 cm³/mol. The summed E-state index contributed by atoms with van der Waals surface area (Å²) < 4.78 is 1.20. The van der Waals surface area contributed by atoms with Crippen LogP contribution in [0.4, 0.5) is 0 Å². The zero-order valence-corrected chi connectivity index (χ0v) is 14.0. The maximum Gasteiger partial charge on any atom is 0.0349 e. The Balaban J connectivity index is 2.19. The second kappa shape index (κ2) is 6.90. The predicted octanol–water partition coefficient (Wildman–Crippen LogP) is 5.23. The third-order valence-electron chi connectivity index (χ3n) is 4.38. The minimum atomic E-state index is 0.522. The molecule has 2 rings (SSSR count). The highest BCUT2D eigenvalue weighted by Crippen LogP contribution is 2.37. The number of hydrogen-bond donors (Lipinski definition) is 1. The molecular weight excluding hydrogens is 298 g/mol. The molecule has 106 valence electrons. The lowest BCUT2D eigenvalue weighted by molar-refractivity contribution is 0.233. The molecule has 0 aliphatic heterocycles. The van der Waals surface area contributed by atoms with E-state index in [0.717, 1.165) is 18.4 Å². The molecule has 1 N–H and O–H groups in total. The zero-order valence-electron chi connectivity index (χ0n) is 12.4. The fourth-order valence-corrected chi connectivity index (χ4v) is 3.97. The van der Waals surface area contributed by atoms with E-state index in [9.17, 15) is 0 Å². The molecule has 1 nitrogen and oxygen atoms in total. The van der Waals surface area contributed by atoms with Gasteiger partial charge in [-0.25, -0.2) is 0 Å². The fourth-order valence-electron chi connectivity index (χ4n) is 3.34. The van der Waals surface area contributed by atoms with Crippen LogP contribution in [0.1, 0.15) is 56.7 Å². The highest BCUT2D eigenvalue weighted by molar-refractivity contribution is 9.10. The average molecular weight is 324 g/mol. The van der Waals surface area contributed by atoms with Crippen LogP contribution < -0.4 is 5.32 Å². The molecule has 1 fully saturated rings. The lowest BCUT2D eigenvalue weighted by Gasteiger charge is -2.33. The molecule has 2 heteroatoms. The van der Waals surface area contributed by atoms with Gasteiger partial charge in [0.2, 0.25) is 0 Å². The van der Waals surface area contributed by atoms with E-state index in [2.05, 4.69) is 60.2 Å². The van der Waals surface area contributed by atoms with Crippen molar-refractivity contribution >= 4 is 15.9 Å². The summed E-state index contributed by atoms with van der Waals surface area (Å²) in [6.45, 7) is 7.83. The first-order valence-corrected chi connectivity index (χ1v) is 8.40. The third kappa shape index (κ3) is 4.06. The zero-order chi connectivity index (χ0) is 13.8. The number of rotatable bonds is 4. The summed E-state index contributed by atoms with van der Waals surface area (Å²) in [7, 11) is 0. The molecule has 0 amide bonds. The van der Waals surface area contributed by atoms with E-state index < -0.39 is 0 Å². The van der Waals surface area contributed by atoms with Crippen molar-refractivity contribution in [3.05, 3.63) is 33.8 Å². The Kier molecular flexibility index (Phi) is 5.47. The van der Waals surface area contributed by atoms with Crippen molar-refractivity contribution in [1.82, 2.24) is 5.32 Å². The summed E-state index contributed by atoms with van der Waals surface area (Å²) in [5, 5.41) is 3.72. The minimum Gasteiger partial charge on any atom is -0.310 e. The summed E-state index contributed by atoms with van der Waals surface area (Å²) in [4.78, 5) is 0. The smallest absolute Gasteiger partial charge is 0.0349 e. The van der Waals surface area contributed by atoms with E-state index in [-0.39, 0.29) is 0 Å². The standard InChI is InChI=1S/C17H26BrN/c1-4-19-17(14-7-5-12(2)6-8-14)15-9-13(3)10-16(18)11-15/h9-12,14,17,19H,4-8H2,1-3H3. The number of aryl methyl sites for hydroxylation is 1. The summed E-state index contributed by atoms with van der Waals surface area (Å²) in [5.41, 5.74) is 2.80. The van der Waals surface area contributed by atoms with Crippen LogP contribution in [-0.2, 0) is 0 Å². The maximum absolute atomic E-state index is 3.72. The molecule has 19 heavy (non-hydrogen) atoms. The minimum absolute atomic E-state index is 0.522. The first-order chi connectivity index (χ1) is 9.10. The first-order valence-electron chi connectivity index (χ1n) is 7.60. The van der Waals surface area contributed by atoms with Crippen LogP contribution in [0.15, 0.2) is 22.7 Å². The second-order valence-corrected chi connectivity index (χ2v) is 7.03. The summed E-state index contributed by atoms with van der Waals surface area (Å²) in [6, 6.07) is 7.35. The van der Waals surface area contributed by atoms with Gasteiger partial charge in [0.15, 0.2) is 0 Å². The van der Waals surface area contributed by atoms with Crippen molar-refractivity contribution in [1.29, 1.82) is 0 Å². The van der Waals surface area contributed by atoms with E-state index >= 15 is 0 Å². The van der Waals surface area contributed by atoms with Crippen LogP contribution in [0.2, 0.25) is 0 Å². The normalized spacial score (nSPS) is 25.3. The van der Waals surface area contributed by atoms with Crippen molar-refractivity contribution in [3.63, 3.8) is 0 Å². The van der Waals surface area contributed by atoms with Crippen LogP contribution in [0.5, 0.6) is 0 Å². The van der Waals surface area contributed by atoms with Gasteiger partial charge in [0.1, 0.15) is 0 Å². The van der Waals surface area contributed by atoms with Gasteiger partial charge >= 0.3 is 0 Å². The Hall–Kier alpha value is -0.340. The van der Waals surface area contributed by atoms with Gasteiger partial charge in [-0.15, -0.1) is 0 Å². The first kappa shape index (κ1) is 15.1. The van der Waals surface area contributed by atoms with E-state index in [1.807, 2.05) is 0 Å². The molecule has 1 aromatic rings. The van der Waals surface area contributed by atoms with E-state index in [1.165, 1.54) is 41.3 Å². The van der Waals surface area contributed by atoms with Gasteiger partial charge in [0.25, 0.3) is 0 Å². The van der Waals surface area contributed by atoms with Gasteiger partial charge in [0, 0.05) is 10.5 Å². The Labute approximate surface area is 126 Å². The third-order valence-corrected chi connectivity index (χ3v) is 4.84. The molecule has 1 saturated carbocycles. The van der Waals surface area contributed by atoms with Gasteiger partial charge in [0.05, 0.1) is 0 Å². The Morgan fingerprint density at radius 3 is 2.47 bits per heavy atom. The van der Waals surface area contributed by atoms with Crippen LogP contribution in [0.3, 0.4) is 0 Å². The van der Waals surface area contributed by atoms with Gasteiger partial charge < -0.3 is 5.32 Å². The van der Waals surface area contributed by atoms with Crippen LogP contribution in [-0.4, -0.2) is 6.54 Å². The molecule has 1 aromatic carbocycles. The largest absolute Gasteiger partial charge is 0.310 e. The topological polar surface area (TPSA) is 12.0 Å². The second-order valence-electron chi connectivity index (χ2n) is 6.12.